The summed E-state index contributed by atoms with van der Waals surface area (Å²) < 4.78 is 0. The maximum atomic E-state index is 11.6. The van der Waals surface area contributed by atoms with Gasteiger partial charge in [0.2, 0.25) is 11.4 Å². The maximum absolute atomic E-state index is 11.6. The number of carbonyl (C=O) groups excluding carboxylic acids is 3. The Balaban J connectivity index is -0.000000591. The van der Waals surface area contributed by atoms with Crippen molar-refractivity contribution < 1.29 is 44.7 Å². The average Bonchev–Trinajstić information content (AvgIpc) is 3.06. The number of hydrogen-bond acceptors (Lipinski definition) is 9. The zero-order chi connectivity index (χ0) is 41.0. The summed E-state index contributed by atoms with van der Waals surface area (Å²) in [4.78, 5) is 48.3. The van der Waals surface area contributed by atoms with Crippen molar-refractivity contribution in [1.82, 2.24) is 0 Å². The lowest BCUT2D eigenvalue weighted by atomic mass is 10.1. The van der Waals surface area contributed by atoms with Crippen LogP contribution in [0.2, 0.25) is 10.0 Å². The third kappa shape index (κ3) is 22.3. The number of halogens is 8. The number of carbonyl (C=O) groups is 4. The fourth-order valence-corrected chi connectivity index (χ4v) is 3.62. The Morgan fingerprint density at radius 1 is 0.706 bits per heavy atom. The molecule has 0 fully saturated rings. The molecule has 0 saturated carbocycles. The number of aliphatic hydroxyl groups is 4. The molecule has 0 saturated heterocycles. The van der Waals surface area contributed by atoms with Gasteiger partial charge in [0.1, 0.15) is 16.8 Å². The third-order valence-corrected chi connectivity index (χ3v) is 11.1. The maximum Gasteiger partial charge on any atom is 0.336 e. The normalized spacial score (nSPS) is 14.5. The molecule has 51 heavy (non-hydrogen) atoms. The number of hydrogen-bond donors (Lipinski definition) is 7. The molecule has 0 aliphatic carbocycles. The van der Waals surface area contributed by atoms with Crippen LogP contribution >= 0.6 is 110 Å². The highest BCUT2D eigenvalue weighted by molar-refractivity contribution is 9.09. The molecule has 4 atom stereocenters. The van der Waals surface area contributed by atoms with Crippen molar-refractivity contribution in [2.75, 3.05) is 32.4 Å². The highest BCUT2D eigenvalue weighted by Crippen LogP contribution is 2.28. The number of nitrogens with zero attached hydrogens (tertiary/aromatic N) is 2. The summed E-state index contributed by atoms with van der Waals surface area (Å²) in [6.45, 7) is 18.8. The van der Waals surface area contributed by atoms with Crippen molar-refractivity contribution in [3.63, 3.8) is 0 Å². The van der Waals surface area contributed by atoms with Gasteiger partial charge in [0, 0.05) is 42.7 Å². The van der Waals surface area contributed by atoms with Crippen LogP contribution < -0.4 is 11.1 Å². The molecule has 0 unspecified atom stereocenters. The van der Waals surface area contributed by atoms with E-state index < -0.39 is 44.8 Å². The van der Waals surface area contributed by atoms with Crippen molar-refractivity contribution in [2.45, 2.75) is 50.1 Å². The van der Waals surface area contributed by atoms with Crippen LogP contribution in [0.3, 0.4) is 0 Å². The molecule has 0 spiro atoms. The monoisotopic (exact) mass is 1050 g/mol. The van der Waals surface area contributed by atoms with Crippen LogP contribution in [0.1, 0.15) is 27.7 Å². The van der Waals surface area contributed by atoms with Crippen LogP contribution in [-0.4, -0.2) is 91.6 Å². The molecule has 0 aromatic heterocycles. The Morgan fingerprint density at radius 3 is 1.37 bits per heavy atom. The Hall–Kier alpha value is -1.58. The molecular formula is C30H34Br4Cl4N4O9. The number of carboxylic acids is 1. The Bertz CT molecular complexity index is 1510. The van der Waals surface area contributed by atoms with Gasteiger partial charge in [-0.1, -0.05) is 99.1 Å². The molecule has 0 radical (unpaired) electrons. The van der Waals surface area contributed by atoms with Gasteiger partial charge in [0.15, 0.2) is 5.60 Å². The first-order valence-corrected chi connectivity index (χ1v) is 19.3. The predicted octanol–water partition coefficient (Wildman–Crippen LogP) is 7.46. The van der Waals surface area contributed by atoms with Crippen LogP contribution in [0.5, 0.6) is 0 Å². The molecule has 13 nitrogen and oxygen atoms in total. The Kier molecular flexibility index (Phi) is 26.8. The van der Waals surface area contributed by atoms with Crippen LogP contribution in [0.15, 0.2) is 36.4 Å². The number of aliphatic carboxylic acids is 1. The number of alkyl halides is 4. The lowest BCUT2D eigenvalue weighted by molar-refractivity contribution is -0.154. The molecule has 2 rings (SSSR count). The zero-order valence-electron chi connectivity index (χ0n) is 27.2. The summed E-state index contributed by atoms with van der Waals surface area (Å²) >= 11 is 33.1. The second kappa shape index (κ2) is 25.4. The van der Waals surface area contributed by atoms with Crippen LogP contribution in [0.25, 0.3) is 9.69 Å². The highest BCUT2D eigenvalue weighted by atomic mass is 79.9. The SMILES string of the molecule is C[C@](O)(CBr)C(=O)Cl.C[C@](O)(CBr)C(=O)Cl.C[C@](O)(CBr)C(=O)O.[C-]#[N+]c1cc(N)ccc1Cl.[C-]#[N+]c1ccc(NC(=O)[C@@](C)(O)CBr)cc1Cl. The van der Waals surface area contributed by atoms with Gasteiger partial charge in [-0.15, -0.1) is 0 Å². The van der Waals surface area contributed by atoms with Gasteiger partial charge in [-0.3, -0.25) is 14.4 Å². The van der Waals surface area contributed by atoms with E-state index in [0.717, 1.165) is 0 Å². The first kappa shape index (κ1) is 53.8. The second-order valence-corrected chi connectivity index (χ2v) is 14.3. The molecule has 2 aromatic rings. The molecule has 2 aromatic carbocycles. The minimum absolute atomic E-state index is 0.0509. The van der Waals surface area contributed by atoms with Gasteiger partial charge in [0.05, 0.1) is 13.1 Å². The molecule has 1 amide bonds. The van der Waals surface area contributed by atoms with Gasteiger partial charge in [0.25, 0.3) is 16.4 Å². The van der Waals surface area contributed by atoms with Crippen molar-refractivity contribution >= 4 is 155 Å². The zero-order valence-corrected chi connectivity index (χ0v) is 36.5. The van der Waals surface area contributed by atoms with E-state index >= 15 is 0 Å². The molecule has 21 heteroatoms. The molecule has 0 heterocycles. The second-order valence-electron chi connectivity index (χ2n) is 10.5. The number of anilines is 2. The summed E-state index contributed by atoms with van der Waals surface area (Å²) in [5, 5.41) is 46.6. The van der Waals surface area contributed by atoms with E-state index in [1.807, 2.05) is 0 Å². The molecule has 8 N–H and O–H groups in total. The third-order valence-electron chi connectivity index (χ3n) is 5.25. The fraction of sp³-hybridized carbons (Fsp3) is 0.400. The number of rotatable bonds is 9. The molecule has 0 aliphatic heterocycles. The number of nitrogen functional groups attached to an aromatic ring is 1. The summed E-state index contributed by atoms with van der Waals surface area (Å²) in [5.74, 6) is -1.75. The molecular weight excluding hydrogens is 1020 g/mol. The average molecular weight is 1060 g/mol. The number of benzene rings is 2. The quantitative estimate of drug-likeness (QED) is 0.0570. The number of carboxylic acid groups (broad SMARTS) is 1. The topological polar surface area (TPSA) is 216 Å². The molecule has 284 valence electrons. The van der Waals surface area contributed by atoms with E-state index in [-0.39, 0.29) is 26.3 Å². The van der Waals surface area contributed by atoms with Crippen molar-refractivity contribution in [3.05, 3.63) is 69.3 Å². The number of nitrogens with two attached hydrogens (primary N) is 1. The standard InChI is InChI=1S/C11H10BrClN2O2.C7H5ClN2.2C4H6BrClO2.C4H7BrO3/c1-11(17,6-12)10(16)15-7-3-4-9(14-2)8(13)5-7;1-10-7-4-5(9)2-3-6(7)8;3*1-4(8,2-5)3(6)7/h3-5,17H,6H2,1H3,(H,15,16);2-4H,9H2;2*8H,2H2,1H3;8H,2H2,1H3,(H,6,7)/t11-;;3*4-/m0.000/s1. The van der Waals surface area contributed by atoms with Gasteiger partial charge in [-0.2, -0.15) is 0 Å². The number of amides is 1. The minimum Gasteiger partial charge on any atom is -0.479 e. The van der Waals surface area contributed by atoms with Crippen molar-refractivity contribution in [3.8, 4) is 0 Å². The van der Waals surface area contributed by atoms with E-state index in [9.17, 15) is 24.3 Å². The van der Waals surface area contributed by atoms with Gasteiger partial charge >= 0.3 is 5.97 Å². The Morgan fingerprint density at radius 2 is 1.12 bits per heavy atom. The van der Waals surface area contributed by atoms with Crippen LogP contribution in [-0.2, 0) is 19.2 Å². The van der Waals surface area contributed by atoms with E-state index in [1.165, 1.54) is 39.8 Å². The minimum atomic E-state index is -1.62. The first-order chi connectivity index (χ1) is 23.2. The van der Waals surface area contributed by atoms with E-state index in [1.54, 1.807) is 24.3 Å². The molecule has 0 aliphatic rings. The predicted molar refractivity (Wildman–Crippen MR) is 215 cm³/mol. The lowest BCUT2D eigenvalue weighted by Gasteiger charge is -2.19. The lowest BCUT2D eigenvalue weighted by Crippen LogP contribution is -2.41. The van der Waals surface area contributed by atoms with E-state index in [0.29, 0.717) is 27.8 Å². The largest absolute Gasteiger partial charge is 0.479 e. The summed E-state index contributed by atoms with van der Waals surface area (Å²) in [5.41, 5.74) is 1.18. The van der Waals surface area contributed by atoms with E-state index in [4.69, 9.17) is 85.7 Å². The van der Waals surface area contributed by atoms with Crippen LogP contribution in [0, 0.1) is 13.1 Å². The smallest absolute Gasteiger partial charge is 0.336 e. The van der Waals surface area contributed by atoms with Crippen molar-refractivity contribution in [1.29, 1.82) is 0 Å². The van der Waals surface area contributed by atoms with Gasteiger partial charge < -0.3 is 36.6 Å². The highest BCUT2D eigenvalue weighted by Gasteiger charge is 2.29. The number of nitrogens with one attached hydrogen (secondary N) is 1. The summed E-state index contributed by atoms with van der Waals surface area (Å²) in [6.07, 6.45) is 0. The van der Waals surface area contributed by atoms with Gasteiger partial charge in [-0.05, 0) is 75.2 Å². The first-order valence-electron chi connectivity index (χ1n) is 13.3. The van der Waals surface area contributed by atoms with Crippen molar-refractivity contribution in [2.24, 2.45) is 0 Å². The summed E-state index contributed by atoms with van der Waals surface area (Å²) in [6, 6.07) is 9.36. The molecule has 0 bridgehead atoms. The van der Waals surface area contributed by atoms with Gasteiger partial charge in [-0.25, -0.2) is 14.5 Å². The van der Waals surface area contributed by atoms with E-state index in [2.05, 4.69) is 78.7 Å². The van der Waals surface area contributed by atoms with Crippen LogP contribution in [0.4, 0.5) is 22.7 Å². The Labute approximate surface area is 348 Å². The summed E-state index contributed by atoms with van der Waals surface area (Å²) in [7, 11) is 0. The fourth-order valence-electron chi connectivity index (χ4n) is 1.78.